The summed E-state index contributed by atoms with van der Waals surface area (Å²) in [6.07, 6.45) is 2.03. The van der Waals surface area contributed by atoms with Gasteiger partial charge >= 0.3 is 0 Å². The first kappa shape index (κ1) is 39.4. The third-order valence-electron chi connectivity index (χ3n) is 9.11. The van der Waals surface area contributed by atoms with Crippen molar-refractivity contribution >= 4 is 55.7 Å². The van der Waals surface area contributed by atoms with Gasteiger partial charge in [0.25, 0.3) is 0 Å². The van der Waals surface area contributed by atoms with E-state index in [1.165, 1.54) is 55.2 Å². The van der Waals surface area contributed by atoms with Gasteiger partial charge in [-0.1, -0.05) is 164 Å². The van der Waals surface area contributed by atoms with E-state index in [1.807, 2.05) is 41.5 Å². The van der Waals surface area contributed by atoms with E-state index in [1.54, 1.807) is 0 Å². The SMILES string of the molecule is CC.CC.CC.CCc1ccc(N(c2ccc(C)cc2)c2c3ccccc3c(N(c3ccc(C)cc3)c3ccc(CC)cc3)c3ccccc23)cc1. The highest BCUT2D eigenvalue weighted by Crippen LogP contribution is 2.50. The van der Waals surface area contributed by atoms with Crippen molar-refractivity contribution in [2.45, 2.75) is 82.1 Å². The van der Waals surface area contributed by atoms with Crippen LogP contribution in [0.2, 0.25) is 0 Å². The third kappa shape index (κ3) is 8.40. The summed E-state index contributed by atoms with van der Waals surface area (Å²) in [6.45, 7) is 20.7. The number of benzene rings is 7. The zero-order chi connectivity index (χ0) is 37.6. The Bertz CT molecular complexity index is 1900. The normalized spacial score (nSPS) is 10.3. The number of anilines is 6. The van der Waals surface area contributed by atoms with Crippen LogP contribution in [0.5, 0.6) is 0 Å². The van der Waals surface area contributed by atoms with Crippen molar-refractivity contribution in [2.75, 3.05) is 9.80 Å². The van der Waals surface area contributed by atoms with Crippen LogP contribution in [0.3, 0.4) is 0 Å². The molecular formula is C50H58N2. The molecule has 268 valence electrons. The van der Waals surface area contributed by atoms with Gasteiger partial charge in [-0.3, -0.25) is 0 Å². The fraction of sp³-hybridized carbons (Fsp3) is 0.240. The van der Waals surface area contributed by atoms with E-state index in [0.29, 0.717) is 0 Å². The van der Waals surface area contributed by atoms with Gasteiger partial charge in [-0.05, 0) is 86.3 Å². The highest BCUT2D eigenvalue weighted by Gasteiger charge is 2.25. The predicted molar refractivity (Wildman–Crippen MR) is 233 cm³/mol. The first-order chi connectivity index (χ1) is 25.6. The van der Waals surface area contributed by atoms with Crippen molar-refractivity contribution in [1.29, 1.82) is 0 Å². The molecule has 2 nitrogen and oxygen atoms in total. The molecule has 7 aromatic carbocycles. The zero-order valence-electron chi connectivity index (χ0n) is 33.2. The molecule has 2 heteroatoms. The van der Waals surface area contributed by atoms with Crippen LogP contribution in [-0.4, -0.2) is 0 Å². The molecule has 0 aromatic heterocycles. The first-order valence-electron chi connectivity index (χ1n) is 19.4. The van der Waals surface area contributed by atoms with Crippen LogP contribution in [0.25, 0.3) is 21.5 Å². The average molecular weight is 687 g/mol. The van der Waals surface area contributed by atoms with Gasteiger partial charge in [-0.25, -0.2) is 0 Å². The second-order valence-corrected chi connectivity index (χ2v) is 12.2. The predicted octanol–water partition coefficient (Wildman–Crippen LogP) is 15.8. The summed E-state index contributed by atoms with van der Waals surface area (Å²) in [7, 11) is 0. The molecule has 0 fully saturated rings. The lowest BCUT2D eigenvalue weighted by molar-refractivity contribution is 1.14. The molecule has 0 atom stereocenters. The molecule has 7 rings (SSSR count). The zero-order valence-corrected chi connectivity index (χ0v) is 33.2. The van der Waals surface area contributed by atoms with Crippen molar-refractivity contribution in [2.24, 2.45) is 0 Å². The van der Waals surface area contributed by atoms with Crippen LogP contribution in [0, 0.1) is 13.8 Å². The van der Waals surface area contributed by atoms with Gasteiger partial charge < -0.3 is 9.80 Å². The topological polar surface area (TPSA) is 6.48 Å². The number of aryl methyl sites for hydroxylation is 4. The van der Waals surface area contributed by atoms with E-state index in [-0.39, 0.29) is 0 Å². The Hall–Kier alpha value is -5.34. The Morgan fingerprint density at radius 1 is 0.327 bits per heavy atom. The van der Waals surface area contributed by atoms with Crippen LogP contribution in [-0.2, 0) is 12.8 Å². The number of nitrogens with zero attached hydrogens (tertiary/aromatic N) is 2. The van der Waals surface area contributed by atoms with Gasteiger partial charge in [0.05, 0.1) is 11.4 Å². The largest absolute Gasteiger partial charge is 0.309 e. The van der Waals surface area contributed by atoms with Crippen molar-refractivity contribution in [1.82, 2.24) is 0 Å². The van der Waals surface area contributed by atoms with Crippen LogP contribution in [0.4, 0.5) is 34.1 Å². The second kappa shape index (κ2) is 19.3. The number of rotatable bonds is 8. The Kier molecular flexibility index (Phi) is 14.7. The quantitative estimate of drug-likeness (QED) is 0.116. The fourth-order valence-corrected chi connectivity index (χ4v) is 6.53. The highest BCUT2D eigenvalue weighted by atomic mass is 15.2. The number of hydrogen-bond acceptors (Lipinski definition) is 2. The third-order valence-corrected chi connectivity index (χ3v) is 9.11. The van der Waals surface area contributed by atoms with Gasteiger partial charge in [-0.15, -0.1) is 0 Å². The smallest absolute Gasteiger partial charge is 0.0619 e. The van der Waals surface area contributed by atoms with E-state index >= 15 is 0 Å². The Morgan fingerprint density at radius 3 is 0.788 bits per heavy atom. The monoisotopic (exact) mass is 686 g/mol. The van der Waals surface area contributed by atoms with E-state index in [4.69, 9.17) is 0 Å². The summed E-state index contributed by atoms with van der Waals surface area (Å²) in [6, 6.07) is 53.8. The minimum Gasteiger partial charge on any atom is -0.309 e. The maximum absolute atomic E-state index is 2.44. The van der Waals surface area contributed by atoms with Crippen molar-refractivity contribution in [3.05, 3.63) is 168 Å². The molecule has 0 heterocycles. The lowest BCUT2D eigenvalue weighted by Gasteiger charge is -2.33. The molecule has 0 aliphatic rings. The average Bonchev–Trinajstić information content (AvgIpc) is 3.22. The molecule has 0 spiro atoms. The van der Waals surface area contributed by atoms with E-state index in [9.17, 15) is 0 Å². The van der Waals surface area contributed by atoms with Gasteiger partial charge in [-0.2, -0.15) is 0 Å². The summed E-state index contributed by atoms with van der Waals surface area (Å²) < 4.78 is 0. The van der Waals surface area contributed by atoms with Crippen LogP contribution in [0.1, 0.15) is 77.6 Å². The van der Waals surface area contributed by atoms with Crippen LogP contribution in [0.15, 0.2) is 146 Å². The Balaban J connectivity index is 0.000000960. The highest BCUT2D eigenvalue weighted by molar-refractivity contribution is 6.23. The van der Waals surface area contributed by atoms with E-state index in [0.717, 1.165) is 35.6 Å². The van der Waals surface area contributed by atoms with Gasteiger partial charge in [0.15, 0.2) is 0 Å². The van der Waals surface area contributed by atoms with E-state index in [2.05, 4.69) is 183 Å². The summed E-state index contributed by atoms with van der Waals surface area (Å²) in [4.78, 5) is 4.89. The molecular weight excluding hydrogens is 629 g/mol. The molecule has 52 heavy (non-hydrogen) atoms. The van der Waals surface area contributed by atoms with E-state index < -0.39 is 0 Å². The van der Waals surface area contributed by atoms with Gasteiger partial charge in [0.1, 0.15) is 0 Å². The molecule has 0 N–H and O–H groups in total. The van der Waals surface area contributed by atoms with Crippen molar-refractivity contribution in [3.63, 3.8) is 0 Å². The maximum Gasteiger partial charge on any atom is 0.0619 e. The molecule has 0 aliphatic carbocycles. The minimum absolute atomic E-state index is 1.01. The summed E-state index contributed by atoms with van der Waals surface area (Å²) >= 11 is 0. The lowest BCUT2D eigenvalue weighted by atomic mass is 9.95. The second-order valence-electron chi connectivity index (χ2n) is 12.2. The summed E-state index contributed by atoms with van der Waals surface area (Å²) in [5.41, 5.74) is 12.1. The summed E-state index contributed by atoms with van der Waals surface area (Å²) in [5, 5.41) is 4.83. The fourth-order valence-electron chi connectivity index (χ4n) is 6.53. The van der Waals surface area contributed by atoms with Crippen LogP contribution >= 0.6 is 0 Å². The summed E-state index contributed by atoms with van der Waals surface area (Å²) in [5.74, 6) is 0. The maximum atomic E-state index is 2.44. The standard InChI is InChI=1S/C44H40N2.3C2H6/c1-5-33-19-27-37(28-20-33)45(35-23-15-31(3)16-24-35)43-39-11-7-9-13-41(39)44(42-14-10-8-12-40(42)43)46(36-25-17-32(4)18-26-36)38-29-21-34(6-2)22-30-38;3*1-2/h7-30H,5-6H2,1-4H3;3*1-2H3. The molecule has 0 radical (unpaired) electrons. The van der Waals surface area contributed by atoms with Crippen molar-refractivity contribution in [3.8, 4) is 0 Å². The molecule has 0 bridgehead atoms. The first-order valence-corrected chi connectivity index (χ1v) is 19.4. The molecule has 0 unspecified atom stereocenters. The van der Waals surface area contributed by atoms with Gasteiger partial charge in [0, 0.05) is 44.3 Å². The Morgan fingerprint density at radius 2 is 0.558 bits per heavy atom. The minimum atomic E-state index is 1.01. The van der Waals surface area contributed by atoms with Gasteiger partial charge in [0.2, 0.25) is 0 Å². The van der Waals surface area contributed by atoms with Crippen molar-refractivity contribution < 1.29 is 0 Å². The lowest BCUT2D eigenvalue weighted by Crippen LogP contribution is -2.14. The molecule has 7 aromatic rings. The Labute approximate surface area is 314 Å². The molecule has 0 aliphatic heterocycles. The molecule has 0 saturated carbocycles. The molecule has 0 saturated heterocycles. The van der Waals surface area contributed by atoms with Crippen LogP contribution < -0.4 is 9.80 Å². The molecule has 0 amide bonds. The number of hydrogen-bond donors (Lipinski definition) is 0. The number of fused-ring (bicyclic) bond motifs is 2.